The van der Waals surface area contributed by atoms with Gasteiger partial charge in [-0.25, -0.2) is 0 Å². The molecule has 0 fully saturated rings. The Kier molecular flexibility index (Phi) is 10.9. The number of halogens is 1. The first kappa shape index (κ1) is 24.2. The van der Waals surface area contributed by atoms with E-state index in [4.69, 9.17) is 9.47 Å². The number of nitrogens with zero attached hydrogens (tertiary/aromatic N) is 1. The molecule has 0 aliphatic carbocycles. The molecule has 0 aliphatic rings. The Bertz CT molecular complexity index is 763. The summed E-state index contributed by atoms with van der Waals surface area (Å²) in [4.78, 5) is 4.30. The van der Waals surface area contributed by atoms with Gasteiger partial charge in [-0.2, -0.15) is 0 Å². The Morgan fingerprint density at radius 2 is 1.75 bits per heavy atom. The van der Waals surface area contributed by atoms with Crippen LogP contribution in [0.1, 0.15) is 36.1 Å². The second-order valence-corrected chi connectivity index (χ2v) is 6.77. The second kappa shape index (κ2) is 12.6. The van der Waals surface area contributed by atoms with E-state index < -0.39 is 0 Å². The number of ether oxygens (including phenoxy) is 2. The van der Waals surface area contributed by atoms with Crippen LogP contribution < -0.4 is 15.4 Å². The molecule has 6 heteroatoms. The maximum atomic E-state index is 5.68. The molecule has 0 unspecified atom stereocenters. The van der Waals surface area contributed by atoms with E-state index in [2.05, 4.69) is 58.9 Å². The van der Waals surface area contributed by atoms with Crippen molar-refractivity contribution in [2.45, 2.75) is 46.6 Å². The first-order valence-electron chi connectivity index (χ1n) is 9.29. The van der Waals surface area contributed by atoms with Crippen LogP contribution >= 0.6 is 24.0 Å². The normalized spacial score (nSPS) is 11.1. The predicted molar refractivity (Wildman–Crippen MR) is 127 cm³/mol. The summed E-state index contributed by atoms with van der Waals surface area (Å²) >= 11 is 0. The molecule has 28 heavy (non-hydrogen) atoms. The minimum absolute atomic E-state index is 0. The van der Waals surface area contributed by atoms with Crippen molar-refractivity contribution in [2.75, 3.05) is 14.2 Å². The lowest BCUT2D eigenvalue weighted by Gasteiger charge is -2.15. The van der Waals surface area contributed by atoms with Gasteiger partial charge >= 0.3 is 0 Å². The number of hydrogen-bond acceptors (Lipinski definition) is 3. The fourth-order valence-electron chi connectivity index (χ4n) is 2.68. The van der Waals surface area contributed by atoms with Crippen molar-refractivity contribution < 1.29 is 9.47 Å². The zero-order chi connectivity index (χ0) is 19.6. The van der Waals surface area contributed by atoms with Gasteiger partial charge in [0.1, 0.15) is 5.75 Å². The minimum atomic E-state index is 0. The summed E-state index contributed by atoms with van der Waals surface area (Å²) in [7, 11) is 3.47. The highest BCUT2D eigenvalue weighted by Gasteiger charge is 2.05. The average Bonchev–Trinajstić information content (AvgIpc) is 2.67. The lowest BCUT2D eigenvalue weighted by atomic mass is 10.1. The van der Waals surface area contributed by atoms with Crippen molar-refractivity contribution >= 4 is 29.9 Å². The number of rotatable bonds is 8. The van der Waals surface area contributed by atoms with E-state index in [1.54, 1.807) is 14.2 Å². The third-order valence-corrected chi connectivity index (χ3v) is 4.15. The molecule has 2 aromatic carbocycles. The molecule has 0 aliphatic heterocycles. The van der Waals surface area contributed by atoms with E-state index in [1.165, 1.54) is 16.7 Å². The number of guanidine groups is 1. The molecule has 2 aromatic rings. The van der Waals surface area contributed by atoms with Crippen LogP contribution in [0.3, 0.4) is 0 Å². The molecule has 0 bridgehead atoms. The number of aliphatic imine (C=N–C) groups is 1. The minimum Gasteiger partial charge on any atom is -0.496 e. The van der Waals surface area contributed by atoms with Crippen molar-refractivity contribution in [1.29, 1.82) is 0 Å². The number of benzene rings is 2. The SMILES string of the molecule is CN=C(NCc1cccc(COC(C)C)c1)NCc1ccc(C)cc1OC.I. The van der Waals surface area contributed by atoms with E-state index in [-0.39, 0.29) is 30.1 Å². The Balaban J connectivity index is 0.00000392. The first-order chi connectivity index (χ1) is 13.0. The third kappa shape index (κ3) is 8.06. The largest absolute Gasteiger partial charge is 0.496 e. The van der Waals surface area contributed by atoms with Crippen LogP contribution in [0.15, 0.2) is 47.5 Å². The smallest absolute Gasteiger partial charge is 0.191 e. The van der Waals surface area contributed by atoms with Crippen molar-refractivity contribution in [1.82, 2.24) is 10.6 Å². The van der Waals surface area contributed by atoms with Crippen molar-refractivity contribution in [3.63, 3.8) is 0 Å². The van der Waals surface area contributed by atoms with E-state index in [0.29, 0.717) is 19.7 Å². The van der Waals surface area contributed by atoms with Crippen LogP contribution in [0.25, 0.3) is 0 Å². The molecule has 2 N–H and O–H groups in total. The summed E-state index contributed by atoms with van der Waals surface area (Å²) in [5.41, 5.74) is 4.64. The van der Waals surface area contributed by atoms with Gasteiger partial charge in [0.25, 0.3) is 0 Å². The van der Waals surface area contributed by atoms with E-state index in [0.717, 1.165) is 17.3 Å². The van der Waals surface area contributed by atoms with Crippen LogP contribution in [-0.4, -0.2) is 26.2 Å². The van der Waals surface area contributed by atoms with Crippen LogP contribution in [0.5, 0.6) is 5.75 Å². The van der Waals surface area contributed by atoms with Crippen LogP contribution in [-0.2, 0) is 24.4 Å². The Morgan fingerprint density at radius 1 is 1.04 bits per heavy atom. The van der Waals surface area contributed by atoms with Crippen LogP contribution in [0.4, 0.5) is 0 Å². The molecule has 5 nitrogen and oxygen atoms in total. The fourth-order valence-corrected chi connectivity index (χ4v) is 2.68. The van der Waals surface area contributed by atoms with Gasteiger partial charge < -0.3 is 20.1 Å². The van der Waals surface area contributed by atoms with E-state index in [9.17, 15) is 0 Å². The zero-order valence-corrected chi connectivity index (χ0v) is 19.7. The monoisotopic (exact) mass is 497 g/mol. The molecule has 0 atom stereocenters. The van der Waals surface area contributed by atoms with Gasteiger partial charge in [-0.3, -0.25) is 4.99 Å². The maximum absolute atomic E-state index is 5.68. The average molecular weight is 497 g/mol. The van der Waals surface area contributed by atoms with Gasteiger partial charge in [-0.1, -0.05) is 36.4 Å². The first-order valence-corrected chi connectivity index (χ1v) is 9.29. The van der Waals surface area contributed by atoms with Crippen LogP contribution in [0.2, 0.25) is 0 Å². The topological polar surface area (TPSA) is 54.9 Å². The molecule has 0 aromatic heterocycles. The van der Waals surface area contributed by atoms with Crippen LogP contribution in [0, 0.1) is 6.92 Å². The fraction of sp³-hybridized carbons (Fsp3) is 0.409. The van der Waals surface area contributed by atoms with E-state index in [1.807, 2.05) is 19.9 Å². The molecule has 2 rings (SSSR count). The van der Waals surface area contributed by atoms with Gasteiger partial charge in [0.05, 0.1) is 19.8 Å². The number of hydrogen-bond donors (Lipinski definition) is 2. The number of aryl methyl sites for hydroxylation is 1. The predicted octanol–water partition coefficient (Wildman–Crippen LogP) is 4.41. The summed E-state index contributed by atoms with van der Waals surface area (Å²) in [6, 6.07) is 14.6. The van der Waals surface area contributed by atoms with E-state index >= 15 is 0 Å². The Morgan fingerprint density at radius 3 is 2.43 bits per heavy atom. The standard InChI is InChI=1S/C22H31N3O2.HI/c1-16(2)27-15-19-8-6-7-18(12-19)13-24-22(23-4)25-14-20-10-9-17(3)11-21(20)26-5;/h6-12,16H,13-15H2,1-5H3,(H2,23,24,25);1H. The zero-order valence-electron chi connectivity index (χ0n) is 17.4. The number of nitrogens with one attached hydrogen (secondary N) is 2. The molecule has 0 saturated carbocycles. The molecule has 0 radical (unpaired) electrons. The van der Waals surface area contributed by atoms with Gasteiger partial charge in [-0.15, -0.1) is 24.0 Å². The highest BCUT2D eigenvalue weighted by Crippen LogP contribution is 2.19. The van der Waals surface area contributed by atoms with Crippen molar-refractivity contribution in [2.24, 2.45) is 4.99 Å². The summed E-state index contributed by atoms with van der Waals surface area (Å²) in [6.45, 7) is 8.12. The lowest BCUT2D eigenvalue weighted by Crippen LogP contribution is -2.36. The van der Waals surface area contributed by atoms with Gasteiger partial charge in [0.15, 0.2) is 5.96 Å². The summed E-state index contributed by atoms with van der Waals surface area (Å²) in [6.07, 6.45) is 0.230. The van der Waals surface area contributed by atoms with Gasteiger partial charge in [0.2, 0.25) is 0 Å². The highest BCUT2D eigenvalue weighted by atomic mass is 127. The van der Waals surface area contributed by atoms with Crippen molar-refractivity contribution in [3.8, 4) is 5.75 Å². The third-order valence-electron chi connectivity index (χ3n) is 4.15. The Labute approximate surface area is 186 Å². The molecule has 0 heterocycles. The molecule has 0 amide bonds. The van der Waals surface area contributed by atoms with Gasteiger partial charge in [-0.05, 0) is 43.5 Å². The molecule has 0 spiro atoms. The summed E-state index contributed by atoms with van der Waals surface area (Å²) in [5, 5.41) is 6.69. The summed E-state index contributed by atoms with van der Waals surface area (Å²) < 4.78 is 11.1. The highest BCUT2D eigenvalue weighted by molar-refractivity contribution is 14.0. The lowest BCUT2D eigenvalue weighted by molar-refractivity contribution is 0.0657. The Hall–Kier alpha value is -1.80. The van der Waals surface area contributed by atoms with Crippen molar-refractivity contribution in [3.05, 3.63) is 64.7 Å². The molecular formula is C22H32IN3O2. The maximum Gasteiger partial charge on any atom is 0.191 e. The molecule has 0 saturated heterocycles. The molecule has 154 valence electrons. The summed E-state index contributed by atoms with van der Waals surface area (Å²) in [5.74, 6) is 1.64. The second-order valence-electron chi connectivity index (χ2n) is 6.77. The molecular weight excluding hydrogens is 465 g/mol. The quantitative estimate of drug-likeness (QED) is 0.322. The van der Waals surface area contributed by atoms with Gasteiger partial charge in [0, 0.05) is 25.7 Å². The number of methoxy groups -OCH3 is 1.